The van der Waals surface area contributed by atoms with Crippen molar-refractivity contribution in [3.8, 4) is 0 Å². The van der Waals surface area contributed by atoms with Crippen LogP contribution in [0, 0.1) is 13.8 Å². The molecule has 0 aromatic heterocycles. The van der Waals surface area contributed by atoms with E-state index < -0.39 is 11.6 Å². The first-order chi connectivity index (χ1) is 14.8. The van der Waals surface area contributed by atoms with E-state index in [-0.39, 0.29) is 18.4 Å². The van der Waals surface area contributed by atoms with Crippen LogP contribution in [0.5, 0.6) is 0 Å². The molecule has 1 aliphatic heterocycles. The van der Waals surface area contributed by atoms with Crippen LogP contribution >= 0.6 is 0 Å². The van der Waals surface area contributed by atoms with E-state index in [9.17, 15) is 14.4 Å². The Hall–Kier alpha value is -3.15. The summed E-state index contributed by atoms with van der Waals surface area (Å²) < 4.78 is 0. The third kappa shape index (κ3) is 4.63. The van der Waals surface area contributed by atoms with E-state index in [4.69, 9.17) is 0 Å². The molecule has 0 aliphatic carbocycles. The number of hydrogen-bond donors (Lipinski definition) is 1. The standard InChI is InChI=1S/C25H31N3O3/c1-5-6-14-25(21-10-8-7-9-11-21)23(30)28(24(31)26-25)17-22(29)27(4)16-20-13-12-18(2)15-19(20)3/h7-13,15H,5-6,14,16-17H2,1-4H3,(H,26,31). The summed E-state index contributed by atoms with van der Waals surface area (Å²) in [5.74, 6) is -0.631. The van der Waals surface area contributed by atoms with Crippen LogP contribution in [0.3, 0.4) is 0 Å². The van der Waals surface area contributed by atoms with Crippen LogP contribution in [0.2, 0.25) is 0 Å². The van der Waals surface area contributed by atoms with Crippen LogP contribution in [0.1, 0.15) is 48.4 Å². The number of imide groups is 1. The second-order valence-corrected chi connectivity index (χ2v) is 8.38. The maximum Gasteiger partial charge on any atom is 0.325 e. The number of urea groups is 1. The van der Waals surface area contributed by atoms with E-state index in [2.05, 4.69) is 11.4 Å². The molecule has 1 N–H and O–H groups in total. The Bertz CT molecular complexity index is 973. The van der Waals surface area contributed by atoms with Crippen LogP contribution in [0.15, 0.2) is 48.5 Å². The van der Waals surface area contributed by atoms with Crippen molar-refractivity contribution in [2.75, 3.05) is 13.6 Å². The number of nitrogens with zero attached hydrogens (tertiary/aromatic N) is 2. The van der Waals surface area contributed by atoms with Gasteiger partial charge in [0.1, 0.15) is 12.1 Å². The number of hydrogen-bond acceptors (Lipinski definition) is 3. The van der Waals surface area contributed by atoms with Gasteiger partial charge in [0.05, 0.1) is 0 Å². The van der Waals surface area contributed by atoms with E-state index in [1.54, 1.807) is 11.9 Å². The number of likely N-dealkylation sites (N-methyl/N-ethyl adjacent to an activating group) is 1. The lowest BCUT2D eigenvalue weighted by Crippen LogP contribution is -2.45. The number of rotatable bonds is 8. The molecule has 6 heteroatoms. The van der Waals surface area contributed by atoms with E-state index in [0.29, 0.717) is 13.0 Å². The second kappa shape index (κ2) is 9.33. The fourth-order valence-electron chi connectivity index (χ4n) is 4.07. The number of amides is 4. The zero-order chi connectivity index (χ0) is 22.6. The maximum atomic E-state index is 13.4. The van der Waals surface area contributed by atoms with Gasteiger partial charge in [-0.1, -0.05) is 73.9 Å². The molecule has 0 spiro atoms. The minimum absolute atomic E-state index is 0.271. The Morgan fingerprint density at radius 3 is 2.45 bits per heavy atom. The summed E-state index contributed by atoms with van der Waals surface area (Å²) in [5.41, 5.74) is 2.96. The Morgan fingerprint density at radius 1 is 1.10 bits per heavy atom. The third-order valence-electron chi connectivity index (χ3n) is 5.97. The van der Waals surface area contributed by atoms with E-state index in [0.717, 1.165) is 34.4 Å². The molecular weight excluding hydrogens is 390 g/mol. The highest BCUT2D eigenvalue weighted by Crippen LogP contribution is 2.34. The van der Waals surface area contributed by atoms with Crippen molar-refractivity contribution in [1.29, 1.82) is 0 Å². The molecule has 1 heterocycles. The largest absolute Gasteiger partial charge is 0.340 e. The molecule has 2 aromatic rings. The normalized spacial score (nSPS) is 18.3. The van der Waals surface area contributed by atoms with Crippen molar-refractivity contribution >= 4 is 17.8 Å². The summed E-state index contributed by atoms with van der Waals surface area (Å²) in [4.78, 5) is 41.7. The van der Waals surface area contributed by atoms with Crippen molar-refractivity contribution < 1.29 is 14.4 Å². The van der Waals surface area contributed by atoms with Gasteiger partial charge < -0.3 is 10.2 Å². The molecule has 1 unspecified atom stereocenters. The fraction of sp³-hybridized carbons (Fsp3) is 0.400. The van der Waals surface area contributed by atoms with Crippen LogP contribution in [0.25, 0.3) is 0 Å². The molecule has 164 valence electrons. The molecule has 3 rings (SSSR count). The highest BCUT2D eigenvalue weighted by atomic mass is 16.2. The van der Waals surface area contributed by atoms with Gasteiger partial charge in [0, 0.05) is 13.6 Å². The summed E-state index contributed by atoms with van der Waals surface area (Å²) in [6.45, 7) is 6.24. The molecule has 0 bridgehead atoms. The lowest BCUT2D eigenvalue weighted by atomic mass is 9.85. The van der Waals surface area contributed by atoms with Gasteiger partial charge in [-0.3, -0.25) is 14.5 Å². The van der Waals surface area contributed by atoms with Gasteiger partial charge in [-0.2, -0.15) is 0 Å². The Balaban J connectivity index is 1.77. The fourth-order valence-corrected chi connectivity index (χ4v) is 4.07. The van der Waals surface area contributed by atoms with Crippen LogP contribution in [-0.4, -0.2) is 41.2 Å². The number of nitrogens with one attached hydrogen (secondary N) is 1. The lowest BCUT2D eigenvalue weighted by molar-refractivity contribution is -0.139. The quantitative estimate of drug-likeness (QED) is 0.657. The number of benzene rings is 2. The highest BCUT2D eigenvalue weighted by Gasteiger charge is 2.52. The summed E-state index contributed by atoms with van der Waals surface area (Å²) in [7, 11) is 1.70. The topological polar surface area (TPSA) is 69.7 Å². The second-order valence-electron chi connectivity index (χ2n) is 8.38. The summed E-state index contributed by atoms with van der Waals surface area (Å²) in [6, 6.07) is 14.9. The molecule has 0 radical (unpaired) electrons. The maximum absolute atomic E-state index is 13.4. The Labute approximate surface area is 184 Å². The first kappa shape index (κ1) is 22.5. The lowest BCUT2D eigenvalue weighted by Gasteiger charge is -2.27. The van der Waals surface area contributed by atoms with Gasteiger partial charge in [-0.05, 0) is 37.0 Å². The molecule has 1 aliphatic rings. The molecular formula is C25H31N3O3. The monoisotopic (exact) mass is 421 g/mol. The van der Waals surface area contributed by atoms with Gasteiger partial charge in [0.15, 0.2) is 0 Å². The minimum atomic E-state index is -1.11. The van der Waals surface area contributed by atoms with Gasteiger partial charge >= 0.3 is 6.03 Å². The van der Waals surface area contributed by atoms with E-state index >= 15 is 0 Å². The number of carbonyl (C=O) groups is 3. The SMILES string of the molecule is CCCCC1(c2ccccc2)NC(=O)N(CC(=O)N(C)Cc2ccc(C)cc2C)C1=O. The molecule has 1 atom stereocenters. The van der Waals surface area contributed by atoms with Crippen LogP contribution < -0.4 is 5.32 Å². The summed E-state index contributed by atoms with van der Waals surface area (Å²) >= 11 is 0. The Kier molecular flexibility index (Phi) is 6.78. The summed E-state index contributed by atoms with van der Waals surface area (Å²) in [5, 5.41) is 2.89. The molecule has 4 amide bonds. The van der Waals surface area contributed by atoms with Crippen molar-refractivity contribution in [2.24, 2.45) is 0 Å². The third-order valence-corrected chi connectivity index (χ3v) is 5.97. The van der Waals surface area contributed by atoms with Crippen LogP contribution in [0.4, 0.5) is 4.79 Å². The average molecular weight is 422 g/mol. The van der Waals surface area contributed by atoms with E-state index in [1.165, 1.54) is 5.56 Å². The average Bonchev–Trinajstić information content (AvgIpc) is 2.99. The highest BCUT2D eigenvalue weighted by molar-refractivity contribution is 6.09. The van der Waals surface area contributed by atoms with Gasteiger partial charge in [0.2, 0.25) is 5.91 Å². The predicted molar refractivity (Wildman–Crippen MR) is 120 cm³/mol. The van der Waals surface area contributed by atoms with Gasteiger partial charge in [0.25, 0.3) is 5.91 Å². The first-order valence-corrected chi connectivity index (χ1v) is 10.8. The van der Waals surface area contributed by atoms with Gasteiger partial charge in [-0.15, -0.1) is 0 Å². The van der Waals surface area contributed by atoms with Gasteiger partial charge in [-0.25, -0.2) is 4.79 Å². The smallest absolute Gasteiger partial charge is 0.325 e. The molecule has 6 nitrogen and oxygen atoms in total. The van der Waals surface area contributed by atoms with Crippen molar-refractivity contribution in [1.82, 2.24) is 15.1 Å². The molecule has 1 saturated heterocycles. The minimum Gasteiger partial charge on any atom is -0.340 e. The van der Waals surface area contributed by atoms with E-state index in [1.807, 2.05) is 63.2 Å². The number of aryl methyl sites for hydroxylation is 2. The molecule has 31 heavy (non-hydrogen) atoms. The Morgan fingerprint density at radius 2 is 1.81 bits per heavy atom. The zero-order valence-corrected chi connectivity index (χ0v) is 18.8. The van der Waals surface area contributed by atoms with Crippen molar-refractivity contribution in [2.45, 2.75) is 52.1 Å². The molecule has 1 fully saturated rings. The molecule has 2 aromatic carbocycles. The zero-order valence-electron chi connectivity index (χ0n) is 18.8. The van der Waals surface area contributed by atoms with Crippen molar-refractivity contribution in [3.05, 3.63) is 70.8 Å². The summed E-state index contributed by atoms with van der Waals surface area (Å²) in [6.07, 6.45) is 2.19. The van der Waals surface area contributed by atoms with Crippen LogP contribution in [-0.2, 0) is 21.7 Å². The molecule has 0 saturated carbocycles. The number of carbonyl (C=O) groups excluding carboxylic acids is 3. The predicted octanol–water partition coefficient (Wildman–Crippen LogP) is 3.90. The van der Waals surface area contributed by atoms with Crippen molar-refractivity contribution in [3.63, 3.8) is 0 Å². The first-order valence-electron chi connectivity index (χ1n) is 10.8. The number of unbranched alkanes of at least 4 members (excludes halogenated alkanes) is 1.